The number of thioether (sulfide) groups is 1. The Morgan fingerprint density at radius 1 is 0.717 bits per heavy atom. The molecule has 1 aliphatic rings. The van der Waals surface area contributed by atoms with Gasteiger partial charge in [0.15, 0.2) is 0 Å². The molecule has 0 saturated carbocycles. The van der Waals surface area contributed by atoms with E-state index in [1.165, 1.54) is 53.1 Å². The van der Waals surface area contributed by atoms with Crippen molar-refractivity contribution >= 4 is 62.4 Å². The second-order valence-electron chi connectivity index (χ2n) is 13.1. The molecule has 0 bridgehead atoms. The molecule has 1 atom stereocenters. The molecule has 0 fully saturated rings. The molecule has 1 aromatic heterocycles. The van der Waals surface area contributed by atoms with Crippen LogP contribution < -0.4 is 14.4 Å². The van der Waals surface area contributed by atoms with Gasteiger partial charge >= 0.3 is 5.97 Å². The third-order valence-electron chi connectivity index (χ3n) is 9.92. The molecule has 53 heavy (non-hydrogen) atoms. The number of aliphatic carboxylic acids is 1. The Morgan fingerprint density at radius 2 is 1.26 bits per heavy atom. The molecule has 0 saturated heterocycles. The van der Waals surface area contributed by atoms with Crippen LogP contribution in [0.25, 0.3) is 49.7 Å². The van der Waals surface area contributed by atoms with Crippen LogP contribution in [0, 0.1) is 0 Å². The van der Waals surface area contributed by atoms with Crippen molar-refractivity contribution in [2.75, 3.05) is 16.3 Å². The van der Waals surface area contributed by atoms with Gasteiger partial charge in [0.25, 0.3) is 5.01 Å². The Balaban J connectivity index is 1.06. The summed E-state index contributed by atoms with van der Waals surface area (Å²) < 4.78 is 3.71. The van der Waals surface area contributed by atoms with Crippen LogP contribution in [-0.4, -0.2) is 23.7 Å². The zero-order chi connectivity index (χ0) is 36.5. The Labute approximate surface area is 319 Å². The Morgan fingerprint density at radius 3 is 1.91 bits per heavy atom. The highest BCUT2D eigenvalue weighted by Crippen LogP contribution is 2.48. The van der Waals surface area contributed by atoms with Crippen molar-refractivity contribution in [3.05, 3.63) is 156 Å². The van der Waals surface area contributed by atoms with Gasteiger partial charge in [-0.3, -0.25) is 0 Å². The predicted molar refractivity (Wildman–Crippen MR) is 223 cm³/mol. The molecule has 0 spiro atoms. The quantitative estimate of drug-likeness (QED) is 0.142. The summed E-state index contributed by atoms with van der Waals surface area (Å²) in [5.74, 6) is -0.868. The summed E-state index contributed by atoms with van der Waals surface area (Å²) in [5.41, 5.74) is 11.3. The molecule has 1 unspecified atom stereocenters. The molecule has 2 heterocycles. The number of carboxylic acid groups (broad SMARTS) is 1. The van der Waals surface area contributed by atoms with E-state index in [2.05, 4.69) is 133 Å². The van der Waals surface area contributed by atoms with E-state index in [4.69, 9.17) is 0 Å². The van der Waals surface area contributed by atoms with Crippen LogP contribution in [0.4, 0.5) is 17.1 Å². The summed E-state index contributed by atoms with van der Waals surface area (Å²) in [4.78, 5) is 17.5. The lowest BCUT2D eigenvalue weighted by Gasteiger charge is -2.29. The zero-order valence-corrected chi connectivity index (χ0v) is 31.6. The second-order valence-corrected chi connectivity index (χ2v) is 15.2. The third-order valence-corrected chi connectivity index (χ3v) is 12.1. The first-order valence-corrected chi connectivity index (χ1v) is 19.7. The number of carbonyl (C=O) groups is 1. The number of aryl methyl sites for hydroxylation is 1. The fourth-order valence-corrected chi connectivity index (χ4v) is 9.49. The van der Waals surface area contributed by atoms with Gasteiger partial charge in [0.1, 0.15) is 17.3 Å². The number of para-hydroxylation sites is 1. The lowest BCUT2D eigenvalue weighted by atomic mass is 10.0. The maximum Gasteiger partial charge on any atom is 0.326 e. The van der Waals surface area contributed by atoms with Crippen molar-refractivity contribution in [2.24, 2.45) is 0 Å². The van der Waals surface area contributed by atoms with Crippen molar-refractivity contribution in [3.8, 4) is 33.4 Å². The monoisotopic (exact) mass is 730 g/mol. The van der Waals surface area contributed by atoms with Crippen LogP contribution in [0.3, 0.4) is 0 Å². The van der Waals surface area contributed by atoms with Crippen LogP contribution in [0.2, 0.25) is 0 Å². The summed E-state index contributed by atoms with van der Waals surface area (Å²) in [6.45, 7) is 7.89. The Kier molecular flexibility index (Phi) is 9.61. The summed E-state index contributed by atoms with van der Waals surface area (Å²) in [6.07, 6.45) is 2.35. The lowest BCUT2D eigenvalue weighted by Crippen LogP contribution is -2.35. The van der Waals surface area contributed by atoms with Gasteiger partial charge in [-0.25, -0.2) is 4.79 Å². The molecule has 1 aliphatic heterocycles. The van der Waals surface area contributed by atoms with Crippen molar-refractivity contribution in [1.29, 1.82) is 0 Å². The molecule has 262 valence electrons. The number of benzene rings is 6. The SMILES string of the molecule is CCN1/C(=C/c2sc3ccc(-c4ccc(-c5ccccc5)cc4)cc3[n+]2CC)Sc2ccc(-c3ccc(N(c4ccccc4)C(C)C(=O)O)cc3)cc21. The highest BCUT2D eigenvalue weighted by Gasteiger charge is 2.28. The molecule has 0 radical (unpaired) electrons. The van der Waals surface area contributed by atoms with Crippen molar-refractivity contribution in [2.45, 2.75) is 38.3 Å². The van der Waals surface area contributed by atoms with Crippen LogP contribution in [0.15, 0.2) is 156 Å². The molecule has 7 aromatic rings. The smallest absolute Gasteiger partial charge is 0.326 e. The average molecular weight is 731 g/mol. The fraction of sp³-hybridized carbons (Fsp3) is 0.130. The predicted octanol–water partition coefficient (Wildman–Crippen LogP) is 11.8. The largest absolute Gasteiger partial charge is 0.480 e. The molecular formula is C46H40N3O2S2+. The number of anilines is 3. The number of thiazole rings is 1. The standard InChI is InChI=1S/C46H39N3O2S2/c1-4-47-40-28-36(34-18-16-33(17-19-34)32-12-8-6-9-13-32)22-26-42(40)52-44(47)30-45-48(5-2)41-29-37(23-27-43(41)53-45)35-20-24-39(25-21-35)49(31(3)46(50)51)38-14-10-7-11-15-38/h6-31H,4-5H2,1-3H3/p+1. The van der Waals surface area contributed by atoms with E-state index >= 15 is 0 Å². The van der Waals surface area contributed by atoms with E-state index in [0.717, 1.165) is 35.6 Å². The number of hydrogen-bond donors (Lipinski definition) is 1. The first kappa shape index (κ1) is 34.5. The van der Waals surface area contributed by atoms with E-state index in [1.807, 2.05) is 70.5 Å². The van der Waals surface area contributed by atoms with E-state index in [-0.39, 0.29) is 0 Å². The van der Waals surface area contributed by atoms with Crippen LogP contribution in [0.5, 0.6) is 0 Å². The first-order chi connectivity index (χ1) is 25.9. The maximum absolute atomic E-state index is 12.0. The van der Waals surface area contributed by atoms with Gasteiger partial charge in [0, 0.05) is 28.9 Å². The molecule has 6 aromatic carbocycles. The van der Waals surface area contributed by atoms with Gasteiger partial charge in [0.05, 0.1) is 16.8 Å². The normalized spacial score (nSPS) is 13.7. The highest BCUT2D eigenvalue weighted by atomic mass is 32.2. The minimum absolute atomic E-state index is 0.712. The number of nitrogens with zero attached hydrogens (tertiary/aromatic N) is 3. The van der Waals surface area contributed by atoms with Gasteiger partial charge in [-0.1, -0.05) is 120 Å². The second kappa shape index (κ2) is 14.8. The van der Waals surface area contributed by atoms with Gasteiger partial charge in [-0.05, 0) is 96.6 Å². The number of hydrogen-bond acceptors (Lipinski definition) is 5. The minimum Gasteiger partial charge on any atom is -0.480 e. The minimum atomic E-state index is -0.868. The Hall–Kier alpha value is -5.63. The van der Waals surface area contributed by atoms with E-state index in [1.54, 1.807) is 6.92 Å². The number of fused-ring (bicyclic) bond motifs is 2. The van der Waals surface area contributed by atoms with Gasteiger partial charge < -0.3 is 14.9 Å². The summed E-state index contributed by atoms with van der Waals surface area (Å²) in [7, 11) is 0. The molecule has 0 amide bonds. The van der Waals surface area contributed by atoms with Gasteiger partial charge in [-0.15, -0.1) is 0 Å². The van der Waals surface area contributed by atoms with Gasteiger partial charge in [-0.2, -0.15) is 4.57 Å². The molecule has 7 heteroatoms. The van der Waals surface area contributed by atoms with Gasteiger partial charge in [0.2, 0.25) is 5.52 Å². The number of carboxylic acids is 1. The van der Waals surface area contributed by atoms with Crippen molar-refractivity contribution < 1.29 is 14.5 Å². The van der Waals surface area contributed by atoms with Crippen molar-refractivity contribution in [1.82, 2.24) is 0 Å². The lowest BCUT2D eigenvalue weighted by molar-refractivity contribution is -0.665. The summed E-state index contributed by atoms with van der Waals surface area (Å²) in [5, 5.41) is 12.3. The molecule has 8 rings (SSSR count). The van der Waals surface area contributed by atoms with Crippen LogP contribution in [-0.2, 0) is 11.3 Å². The average Bonchev–Trinajstić information content (AvgIpc) is 3.74. The number of rotatable bonds is 10. The zero-order valence-electron chi connectivity index (χ0n) is 29.9. The van der Waals surface area contributed by atoms with Crippen LogP contribution in [0.1, 0.15) is 25.8 Å². The van der Waals surface area contributed by atoms with E-state index < -0.39 is 12.0 Å². The third kappa shape index (κ3) is 6.74. The van der Waals surface area contributed by atoms with Crippen LogP contribution >= 0.6 is 23.1 Å². The summed E-state index contributed by atoms with van der Waals surface area (Å²) >= 11 is 3.67. The number of aromatic nitrogens is 1. The van der Waals surface area contributed by atoms with Crippen molar-refractivity contribution in [3.63, 3.8) is 0 Å². The first-order valence-electron chi connectivity index (χ1n) is 18.0. The van der Waals surface area contributed by atoms with E-state index in [0.29, 0.717) is 0 Å². The fourth-order valence-electron chi connectivity index (χ4n) is 7.13. The molecule has 0 aliphatic carbocycles. The summed E-state index contributed by atoms with van der Waals surface area (Å²) in [6, 6.07) is 50.1. The Bertz CT molecular complexity index is 2440. The maximum atomic E-state index is 12.0. The highest BCUT2D eigenvalue weighted by molar-refractivity contribution is 8.03. The van der Waals surface area contributed by atoms with E-state index in [9.17, 15) is 9.90 Å². The molecular weight excluding hydrogens is 691 g/mol. The molecule has 1 N–H and O–H groups in total. The molecule has 5 nitrogen and oxygen atoms in total. The topological polar surface area (TPSA) is 47.7 Å².